The van der Waals surface area contributed by atoms with Gasteiger partial charge < -0.3 is 10.6 Å². The molecule has 0 unspecified atom stereocenters. The van der Waals surface area contributed by atoms with Crippen molar-refractivity contribution in [3.63, 3.8) is 0 Å². The van der Waals surface area contributed by atoms with E-state index >= 15 is 0 Å². The largest absolute Gasteiger partial charge is 0.357 e. The van der Waals surface area contributed by atoms with Crippen LogP contribution in [0.4, 0.5) is 0 Å². The first-order valence-corrected chi connectivity index (χ1v) is 7.71. The van der Waals surface area contributed by atoms with E-state index in [1.165, 1.54) is 0 Å². The molecule has 2 aromatic heterocycles. The van der Waals surface area contributed by atoms with E-state index in [2.05, 4.69) is 25.7 Å². The summed E-state index contributed by atoms with van der Waals surface area (Å²) in [6, 6.07) is 3.99. The van der Waals surface area contributed by atoms with Crippen LogP contribution in [0.15, 0.2) is 29.5 Å². The molecule has 118 valence electrons. The first kappa shape index (κ1) is 16.3. The summed E-state index contributed by atoms with van der Waals surface area (Å²) >= 11 is 5.95. The maximum atomic E-state index is 5.95. The van der Waals surface area contributed by atoms with Crippen LogP contribution >= 0.6 is 11.6 Å². The predicted molar refractivity (Wildman–Crippen MR) is 89.6 cm³/mol. The third-order valence-corrected chi connectivity index (χ3v) is 3.15. The zero-order valence-electron chi connectivity index (χ0n) is 13.1. The molecule has 0 saturated carbocycles. The van der Waals surface area contributed by atoms with Crippen molar-refractivity contribution in [3.8, 4) is 5.82 Å². The average Bonchev–Trinajstić information content (AvgIpc) is 2.92. The number of aromatic nitrogens is 3. The SMILES string of the molecule is CCNC(=NCc1ccc(C)nc1-n1cc(Cl)cn1)NCC. The van der Waals surface area contributed by atoms with Crippen LogP contribution in [0.2, 0.25) is 5.02 Å². The molecule has 0 radical (unpaired) electrons. The Bertz CT molecular complexity index is 641. The van der Waals surface area contributed by atoms with Crippen LogP contribution in [0.1, 0.15) is 25.1 Å². The van der Waals surface area contributed by atoms with E-state index < -0.39 is 0 Å². The number of hydrogen-bond donors (Lipinski definition) is 2. The van der Waals surface area contributed by atoms with E-state index in [-0.39, 0.29) is 0 Å². The molecule has 2 rings (SSSR count). The van der Waals surface area contributed by atoms with E-state index in [9.17, 15) is 0 Å². The predicted octanol–water partition coefficient (Wildman–Crippen LogP) is 2.30. The molecule has 2 heterocycles. The number of halogens is 1. The van der Waals surface area contributed by atoms with Gasteiger partial charge in [-0.25, -0.2) is 14.7 Å². The van der Waals surface area contributed by atoms with Crippen molar-refractivity contribution in [1.29, 1.82) is 0 Å². The van der Waals surface area contributed by atoms with Gasteiger partial charge in [-0.2, -0.15) is 5.10 Å². The summed E-state index contributed by atoms with van der Waals surface area (Å²) in [5, 5.41) is 11.2. The second-order valence-electron chi connectivity index (χ2n) is 4.76. The summed E-state index contributed by atoms with van der Waals surface area (Å²) < 4.78 is 1.68. The van der Waals surface area contributed by atoms with Crippen molar-refractivity contribution in [2.45, 2.75) is 27.3 Å². The number of rotatable bonds is 5. The van der Waals surface area contributed by atoms with Crippen LogP contribution in [-0.2, 0) is 6.54 Å². The highest BCUT2D eigenvalue weighted by atomic mass is 35.5. The lowest BCUT2D eigenvalue weighted by Crippen LogP contribution is -2.37. The molecule has 0 aliphatic carbocycles. The zero-order valence-corrected chi connectivity index (χ0v) is 13.9. The summed E-state index contributed by atoms with van der Waals surface area (Å²) in [6.07, 6.45) is 3.34. The van der Waals surface area contributed by atoms with Crippen molar-refractivity contribution in [1.82, 2.24) is 25.4 Å². The van der Waals surface area contributed by atoms with Crippen molar-refractivity contribution in [2.24, 2.45) is 4.99 Å². The first-order valence-electron chi connectivity index (χ1n) is 7.33. The summed E-state index contributed by atoms with van der Waals surface area (Å²) in [4.78, 5) is 9.13. The smallest absolute Gasteiger partial charge is 0.191 e. The maximum Gasteiger partial charge on any atom is 0.191 e. The standard InChI is InChI=1S/C15H21ClN6/c1-4-17-15(18-5-2)19-8-12-7-6-11(3)21-14(12)22-10-13(16)9-20-22/h6-7,9-10H,4-5,8H2,1-3H3,(H2,17,18,19). The number of nitrogens with one attached hydrogen (secondary N) is 2. The van der Waals surface area contributed by atoms with Gasteiger partial charge >= 0.3 is 0 Å². The number of pyridine rings is 1. The normalized spacial score (nSPS) is 10.4. The van der Waals surface area contributed by atoms with E-state index in [1.54, 1.807) is 17.1 Å². The summed E-state index contributed by atoms with van der Waals surface area (Å²) in [6.45, 7) is 8.17. The Morgan fingerprint density at radius 2 is 2.00 bits per heavy atom. The van der Waals surface area contributed by atoms with Gasteiger partial charge in [0.25, 0.3) is 0 Å². The molecule has 0 bridgehead atoms. The summed E-state index contributed by atoms with van der Waals surface area (Å²) in [5.41, 5.74) is 1.91. The van der Waals surface area contributed by atoms with Crippen LogP contribution in [-0.4, -0.2) is 33.8 Å². The number of aryl methyl sites for hydroxylation is 1. The number of aliphatic imine (C=N–C) groups is 1. The Labute approximate surface area is 135 Å². The van der Waals surface area contributed by atoms with Crippen molar-refractivity contribution >= 4 is 17.6 Å². The molecule has 0 aliphatic rings. The molecule has 0 spiro atoms. The van der Waals surface area contributed by atoms with Crippen molar-refractivity contribution in [2.75, 3.05) is 13.1 Å². The van der Waals surface area contributed by atoms with E-state index in [1.807, 2.05) is 32.9 Å². The average molecular weight is 321 g/mol. The lowest BCUT2D eigenvalue weighted by Gasteiger charge is -2.11. The molecule has 6 nitrogen and oxygen atoms in total. The second-order valence-corrected chi connectivity index (χ2v) is 5.20. The number of guanidine groups is 1. The van der Waals surface area contributed by atoms with Crippen molar-refractivity contribution in [3.05, 3.63) is 40.8 Å². The summed E-state index contributed by atoms with van der Waals surface area (Å²) in [7, 11) is 0. The van der Waals surface area contributed by atoms with Crippen LogP contribution in [0.25, 0.3) is 5.82 Å². The third-order valence-electron chi connectivity index (χ3n) is 2.96. The minimum absolute atomic E-state index is 0.509. The highest BCUT2D eigenvalue weighted by molar-refractivity contribution is 6.30. The highest BCUT2D eigenvalue weighted by Gasteiger charge is 2.08. The lowest BCUT2D eigenvalue weighted by atomic mass is 10.2. The summed E-state index contributed by atoms with van der Waals surface area (Å²) in [5.74, 6) is 1.54. The maximum absolute atomic E-state index is 5.95. The number of nitrogens with zero attached hydrogens (tertiary/aromatic N) is 4. The van der Waals surface area contributed by atoms with Crippen LogP contribution < -0.4 is 10.6 Å². The Morgan fingerprint density at radius 3 is 2.59 bits per heavy atom. The fraction of sp³-hybridized carbons (Fsp3) is 0.400. The van der Waals surface area contributed by atoms with Gasteiger partial charge in [0, 0.05) is 24.3 Å². The fourth-order valence-electron chi connectivity index (χ4n) is 1.98. The Morgan fingerprint density at radius 1 is 1.27 bits per heavy atom. The van der Waals surface area contributed by atoms with Crippen LogP contribution in [0, 0.1) is 6.92 Å². The lowest BCUT2D eigenvalue weighted by molar-refractivity contribution is 0.806. The van der Waals surface area contributed by atoms with Gasteiger partial charge in [0.05, 0.1) is 24.0 Å². The molecule has 0 aromatic carbocycles. The van der Waals surface area contributed by atoms with Gasteiger partial charge in [-0.15, -0.1) is 0 Å². The Balaban J connectivity index is 2.29. The molecule has 0 aliphatic heterocycles. The molecule has 7 heteroatoms. The topological polar surface area (TPSA) is 67.1 Å². The van der Waals surface area contributed by atoms with Crippen LogP contribution in [0.5, 0.6) is 0 Å². The zero-order chi connectivity index (χ0) is 15.9. The molecule has 2 N–H and O–H groups in total. The van der Waals surface area contributed by atoms with E-state index in [4.69, 9.17) is 11.6 Å². The Kier molecular flexibility index (Phi) is 5.77. The van der Waals surface area contributed by atoms with Crippen molar-refractivity contribution < 1.29 is 0 Å². The monoisotopic (exact) mass is 320 g/mol. The quantitative estimate of drug-likeness (QED) is 0.655. The molecule has 0 atom stereocenters. The number of hydrogen-bond acceptors (Lipinski definition) is 3. The molecule has 22 heavy (non-hydrogen) atoms. The molecule has 0 fully saturated rings. The second kappa shape index (κ2) is 7.79. The fourth-order valence-corrected chi connectivity index (χ4v) is 2.12. The first-order chi connectivity index (χ1) is 10.6. The highest BCUT2D eigenvalue weighted by Crippen LogP contribution is 2.16. The molecule has 2 aromatic rings. The van der Waals surface area contributed by atoms with Gasteiger partial charge in [0.1, 0.15) is 0 Å². The molecule has 0 amide bonds. The van der Waals surface area contributed by atoms with Crippen LogP contribution in [0.3, 0.4) is 0 Å². The van der Waals surface area contributed by atoms with Gasteiger partial charge in [-0.1, -0.05) is 17.7 Å². The molecule has 0 saturated heterocycles. The minimum Gasteiger partial charge on any atom is -0.357 e. The molecular formula is C15H21ClN6. The van der Waals surface area contributed by atoms with Gasteiger partial charge in [-0.3, -0.25) is 0 Å². The van der Waals surface area contributed by atoms with E-state index in [0.29, 0.717) is 11.6 Å². The minimum atomic E-state index is 0.509. The Hall–Kier alpha value is -2.08. The van der Waals surface area contributed by atoms with Gasteiger partial charge in [0.15, 0.2) is 11.8 Å². The van der Waals surface area contributed by atoms with E-state index in [0.717, 1.165) is 36.1 Å². The van der Waals surface area contributed by atoms with Gasteiger partial charge in [0.2, 0.25) is 0 Å². The van der Waals surface area contributed by atoms with Gasteiger partial charge in [-0.05, 0) is 26.8 Å². The third kappa shape index (κ3) is 4.21. The molecular weight excluding hydrogens is 300 g/mol.